The summed E-state index contributed by atoms with van der Waals surface area (Å²) in [5.41, 5.74) is 3.49. The predicted molar refractivity (Wildman–Crippen MR) is 87.2 cm³/mol. The van der Waals surface area contributed by atoms with E-state index in [-0.39, 0.29) is 5.41 Å². The molecule has 1 aromatic carbocycles. The summed E-state index contributed by atoms with van der Waals surface area (Å²) in [7, 11) is 2.09. The fourth-order valence-corrected chi connectivity index (χ4v) is 2.06. The Kier molecular flexibility index (Phi) is 4.52. The lowest BCUT2D eigenvalue weighted by atomic mass is 9.87. The summed E-state index contributed by atoms with van der Waals surface area (Å²) in [4.78, 5) is 6.83. The molecule has 0 radical (unpaired) electrons. The van der Waals surface area contributed by atoms with E-state index in [4.69, 9.17) is 4.42 Å². The Labute approximate surface area is 128 Å². The molecule has 0 spiro atoms. The van der Waals surface area contributed by atoms with Crippen molar-refractivity contribution in [2.24, 2.45) is 0 Å². The van der Waals surface area contributed by atoms with Gasteiger partial charge in [0.1, 0.15) is 6.26 Å². The van der Waals surface area contributed by atoms with E-state index < -0.39 is 0 Å². The molecule has 21 heavy (non-hydrogen) atoms. The molecule has 1 heterocycles. The van der Waals surface area contributed by atoms with E-state index in [9.17, 15) is 0 Å². The third kappa shape index (κ3) is 3.94. The average Bonchev–Trinajstić information content (AvgIpc) is 2.86. The molecule has 0 aliphatic heterocycles. The van der Waals surface area contributed by atoms with E-state index in [0.29, 0.717) is 11.9 Å². The molecule has 2 rings (SSSR count). The van der Waals surface area contributed by atoms with Gasteiger partial charge in [-0.2, -0.15) is 0 Å². The summed E-state index contributed by atoms with van der Waals surface area (Å²) >= 11 is 0. The van der Waals surface area contributed by atoms with Gasteiger partial charge in [-0.25, -0.2) is 4.98 Å². The van der Waals surface area contributed by atoms with E-state index in [1.165, 1.54) is 5.56 Å². The third-order valence-electron chi connectivity index (χ3n) is 3.84. The highest BCUT2D eigenvalue weighted by Gasteiger charge is 2.14. The highest BCUT2D eigenvalue weighted by molar-refractivity contribution is 5.54. The Morgan fingerprint density at radius 3 is 2.29 bits per heavy atom. The third-order valence-corrected chi connectivity index (χ3v) is 3.84. The molecule has 1 aromatic heterocycles. The van der Waals surface area contributed by atoms with Crippen molar-refractivity contribution in [3.63, 3.8) is 0 Å². The first kappa shape index (κ1) is 15.8. The lowest BCUT2D eigenvalue weighted by molar-refractivity contribution is 0.262. The van der Waals surface area contributed by atoms with Crippen LogP contribution < -0.4 is 0 Å². The topological polar surface area (TPSA) is 29.3 Å². The zero-order valence-corrected chi connectivity index (χ0v) is 14.0. The van der Waals surface area contributed by atoms with Crippen LogP contribution >= 0.6 is 0 Å². The van der Waals surface area contributed by atoms with Crippen LogP contribution in [0.25, 0.3) is 11.5 Å². The lowest BCUT2D eigenvalue weighted by Gasteiger charge is -2.19. The molecule has 2 aromatic rings. The van der Waals surface area contributed by atoms with Gasteiger partial charge in [-0.3, -0.25) is 4.90 Å². The normalized spacial score (nSPS) is 12.4. The van der Waals surface area contributed by atoms with E-state index in [1.54, 1.807) is 6.26 Å². The van der Waals surface area contributed by atoms with Crippen molar-refractivity contribution in [2.75, 3.05) is 7.05 Å². The van der Waals surface area contributed by atoms with Crippen LogP contribution in [0.2, 0.25) is 0 Å². The summed E-state index contributed by atoms with van der Waals surface area (Å²) in [5.74, 6) is 0.697. The summed E-state index contributed by atoms with van der Waals surface area (Å²) in [6, 6.07) is 8.97. The van der Waals surface area contributed by atoms with Gasteiger partial charge in [0, 0.05) is 18.2 Å². The molecule has 3 heteroatoms. The number of aromatic nitrogens is 1. The first-order valence-electron chi connectivity index (χ1n) is 7.53. The average molecular weight is 286 g/mol. The van der Waals surface area contributed by atoms with Gasteiger partial charge in [0.2, 0.25) is 5.89 Å². The molecule has 0 N–H and O–H groups in total. The summed E-state index contributed by atoms with van der Waals surface area (Å²) in [6.07, 6.45) is 1.76. The van der Waals surface area contributed by atoms with Crippen molar-refractivity contribution in [2.45, 2.75) is 52.6 Å². The van der Waals surface area contributed by atoms with Gasteiger partial charge >= 0.3 is 0 Å². The quantitative estimate of drug-likeness (QED) is 0.830. The Morgan fingerprint density at radius 2 is 1.76 bits per heavy atom. The first-order valence-corrected chi connectivity index (χ1v) is 7.53. The Morgan fingerprint density at radius 1 is 1.14 bits per heavy atom. The molecule has 0 saturated heterocycles. The van der Waals surface area contributed by atoms with Crippen LogP contribution in [-0.4, -0.2) is 23.0 Å². The summed E-state index contributed by atoms with van der Waals surface area (Å²) in [5, 5.41) is 0. The maximum atomic E-state index is 5.62. The second kappa shape index (κ2) is 6.02. The highest BCUT2D eigenvalue weighted by atomic mass is 16.3. The minimum absolute atomic E-state index is 0.167. The molecule has 3 nitrogen and oxygen atoms in total. The number of oxazole rings is 1. The van der Waals surface area contributed by atoms with E-state index >= 15 is 0 Å². The van der Waals surface area contributed by atoms with E-state index in [0.717, 1.165) is 17.8 Å². The second-order valence-electron chi connectivity index (χ2n) is 6.98. The predicted octanol–water partition coefficient (Wildman–Crippen LogP) is 4.48. The number of nitrogens with zero attached hydrogens (tertiary/aromatic N) is 2. The monoisotopic (exact) mass is 286 g/mol. The fraction of sp³-hybridized carbons (Fsp3) is 0.500. The Bertz CT molecular complexity index is 576. The minimum Gasteiger partial charge on any atom is -0.444 e. The standard InChI is InChI=1S/C18H26N2O/c1-13(2)20(6)11-16-12-21-17(19-16)14-7-9-15(10-8-14)18(3,4)5/h7-10,12-13H,11H2,1-6H3. The van der Waals surface area contributed by atoms with Crippen LogP contribution in [0.15, 0.2) is 34.9 Å². The van der Waals surface area contributed by atoms with Crippen LogP contribution in [0.5, 0.6) is 0 Å². The largest absolute Gasteiger partial charge is 0.444 e. The van der Waals surface area contributed by atoms with Crippen LogP contribution in [0, 0.1) is 0 Å². The first-order chi connectivity index (χ1) is 9.77. The second-order valence-corrected chi connectivity index (χ2v) is 6.98. The molecular weight excluding hydrogens is 260 g/mol. The molecular formula is C18H26N2O. The smallest absolute Gasteiger partial charge is 0.226 e. The molecule has 0 aliphatic carbocycles. The van der Waals surface area contributed by atoms with Crippen LogP contribution in [0.4, 0.5) is 0 Å². The SMILES string of the molecule is CC(C)N(C)Cc1coc(-c2ccc(C(C)(C)C)cc2)n1. The number of rotatable bonds is 4. The minimum atomic E-state index is 0.167. The highest BCUT2D eigenvalue weighted by Crippen LogP contribution is 2.26. The lowest BCUT2D eigenvalue weighted by Crippen LogP contribution is -2.25. The van der Waals surface area contributed by atoms with Gasteiger partial charge < -0.3 is 4.42 Å². The van der Waals surface area contributed by atoms with Gasteiger partial charge in [0.25, 0.3) is 0 Å². The van der Waals surface area contributed by atoms with Crippen LogP contribution in [0.1, 0.15) is 45.9 Å². The van der Waals surface area contributed by atoms with Gasteiger partial charge in [-0.15, -0.1) is 0 Å². The molecule has 0 fully saturated rings. The van der Waals surface area contributed by atoms with Crippen molar-refractivity contribution in [3.8, 4) is 11.5 Å². The zero-order chi connectivity index (χ0) is 15.6. The van der Waals surface area contributed by atoms with Crippen molar-refractivity contribution in [3.05, 3.63) is 41.8 Å². The van der Waals surface area contributed by atoms with Crippen LogP contribution in [0.3, 0.4) is 0 Å². The fourth-order valence-electron chi connectivity index (χ4n) is 2.06. The van der Waals surface area contributed by atoms with E-state index in [1.807, 2.05) is 0 Å². The number of hydrogen-bond donors (Lipinski definition) is 0. The van der Waals surface area contributed by atoms with E-state index in [2.05, 4.69) is 75.8 Å². The zero-order valence-electron chi connectivity index (χ0n) is 14.0. The Hall–Kier alpha value is -1.61. The van der Waals surface area contributed by atoms with Crippen molar-refractivity contribution in [1.29, 1.82) is 0 Å². The molecule has 0 bridgehead atoms. The van der Waals surface area contributed by atoms with Crippen molar-refractivity contribution >= 4 is 0 Å². The molecule has 114 valence electrons. The number of benzene rings is 1. The summed E-state index contributed by atoms with van der Waals surface area (Å²) < 4.78 is 5.62. The maximum Gasteiger partial charge on any atom is 0.226 e. The number of hydrogen-bond acceptors (Lipinski definition) is 3. The van der Waals surface area contributed by atoms with Crippen molar-refractivity contribution in [1.82, 2.24) is 9.88 Å². The molecule has 0 unspecified atom stereocenters. The summed E-state index contributed by atoms with van der Waals surface area (Å²) in [6.45, 7) is 11.8. The van der Waals surface area contributed by atoms with Gasteiger partial charge in [-0.1, -0.05) is 32.9 Å². The van der Waals surface area contributed by atoms with Gasteiger partial charge in [-0.05, 0) is 44.0 Å². The molecule has 0 atom stereocenters. The Balaban J connectivity index is 2.14. The van der Waals surface area contributed by atoms with Gasteiger partial charge in [0.05, 0.1) is 5.69 Å². The molecule has 0 saturated carbocycles. The van der Waals surface area contributed by atoms with Crippen molar-refractivity contribution < 1.29 is 4.42 Å². The maximum absolute atomic E-state index is 5.62. The molecule has 0 amide bonds. The molecule has 0 aliphatic rings. The van der Waals surface area contributed by atoms with Crippen LogP contribution in [-0.2, 0) is 12.0 Å². The van der Waals surface area contributed by atoms with Gasteiger partial charge in [0.15, 0.2) is 0 Å².